The molecule has 2 aromatic heterocycles. The van der Waals surface area contributed by atoms with Gasteiger partial charge in [0.1, 0.15) is 5.01 Å². The minimum absolute atomic E-state index is 0.0535. The van der Waals surface area contributed by atoms with Crippen LogP contribution in [0, 0.1) is 0 Å². The molecular weight excluding hydrogens is 378 g/mol. The standard InChI is InChI=1S/C24H27N3OS/c1-3-10-24(11-4-2)12-7-22(28)26-20-6-5-18(15-19(20)24)21-16-29-23(27-21)17-8-13-25-14-9-17/h5-6,8-9,13-16H,3-4,7,10-12H2,1-2H3,(H,26,28). The number of hydrogen-bond donors (Lipinski definition) is 1. The molecule has 0 bridgehead atoms. The topological polar surface area (TPSA) is 54.9 Å². The number of carbonyl (C=O) groups is 1. The van der Waals surface area contributed by atoms with Crippen LogP contribution in [0.2, 0.25) is 0 Å². The maximum absolute atomic E-state index is 12.3. The Morgan fingerprint density at radius 3 is 2.55 bits per heavy atom. The molecule has 0 atom stereocenters. The first-order valence-corrected chi connectivity index (χ1v) is 11.3. The summed E-state index contributed by atoms with van der Waals surface area (Å²) in [6.07, 6.45) is 9.53. The lowest BCUT2D eigenvalue weighted by Gasteiger charge is -2.34. The van der Waals surface area contributed by atoms with Crippen LogP contribution < -0.4 is 5.32 Å². The van der Waals surface area contributed by atoms with Crippen LogP contribution in [0.5, 0.6) is 0 Å². The lowest BCUT2D eigenvalue weighted by Crippen LogP contribution is -2.26. The largest absolute Gasteiger partial charge is 0.326 e. The SMILES string of the molecule is CCCC1(CCC)CCC(=O)Nc2ccc(-c3csc(-c4ccncc4)n3)cc21. The maximum atomic E-state index is 12.3. The van der Waals surface area contributed by atoms with Gasteiger partial charge in [0.15, 0.2) is 0 Å². The van der Waals surface area contributed by atoms with Crippen LogP contribution in [-0.2, 0) is 10.2 Å². The number of aromatic nitrogens is 2. The summed E-state index contributed by atoms with van der Waals surface area (Å²) in [6.45, 7) is 4.48. The molecule has 0 saturated heterocycles. The Hall–Kier alpha value is -2.53. The number of nitrogens with one attached hydrogen (secondary N) is 1. The Labute approximate surface area is 176 Å². The molecular formula is C24H27N3OS. The second-order valence-electron chi connectivity index (χ2n) is 7.86. The molecule has 150 valence electrons. The third-order valence-electron chi connectivity index (χ3n) is 5.88. The second-order valence-corrected chi connectivity index (χ2v) is 8.72. The molecule has 0 saturated carbocycles. The number of benzene rings is 1. The highest BCUT2D eigenvalue weighted by atomic mass is 32.1. The maximum Gasteiger partial charge on any atom is 0.224 e. The van der Waals surface area contributed by atoms with Gasteiger partial charge in [0.05, 0.1) is 5.69 Å². The van der Waals surface area contributed by atoms with Gasteiger partial charge in [-0.05, 0) is 54.5 Å². The van der Waals surface area contributed by atoms with Crippen LogP contribution in [0.3, 0.4) is 0 Å². The van der Waals surface area contributed by atoms with E-state index >= 15 is 0 Å². The van der Waals surface area contributed by atoms with Crippen molar-refractivity contribution >= 4 is 22.9 Å². The number of fused-ring (bicyclic) bond motifs is 1. The number of thiazole rings is 1. The molecule has 1 N–H and O–H groups in total. The van der Waals surface area contributed by atoms with Crippen molar-refractivity contribution < 1.29 is 4.79 Å². The molecule has 0 aliphatic carbocycles. The number of anilines is 1. The Morgan fingerprint density at radius 2 is 1.83 bits per heavy atom. The molecule has 0 radical (unpaired) electrons. The van der Waals surface area contributed by atoms with E-state index in [4.69, 9.17) is 4.98 Å². The fourth-order valence-electron chi connectivity index (χ4n) is 4.59. The van der Waals surface area contributed by atoms with Gasteiger partial charge in [0.25, 0.3) is 0 Å². The van der Waals surface area contributed by atoms with Crippen molar-refractivity contribution in [3.8, 4) is 21.8 Å². The summed E-state index contributed by atoms with van der Waals surface area (Å²) in [6, 6.07) is 10.4. The van der Waals surface area contributed by atoms with Crippen LogP contribution >= 0.6 is 11.3 Å². The number of hydrogen-bond acceptors (Lipinski definition) is 4. The van der Waals surface area contributed by atoms with E-state index < -0.39 is 0 Å². The van der Waals surface area contributed by atoms with Gasteiger partial charge in [-0.15, -0.1) is 11.3 Å². The summed E-state index contributed by atoms with van der Waals surface area (Å²) in [7, 11) is 0. The first kappa shape index (κ1) is 19.8. The van der Waals surface area contributed by atoms with Crippen LogP contribution in [-0.4, -0.2) is 15.9 Å². The fraction of sp³-hybridized carbons (Fsp3) is 0.375. The van der Waals surface area contributed by atoms with Crippen molar-refractivity contribution in [2.75, 3.05) is 5.32 Å². The predicted molar refractivity (Wildman–Crippen MR) is 120 cm³/mol. The average molecular weight is 406 g/mol. The smallest absolute Gasteiger partial charge is 0.224 e. The lowest BCUT2D eigenvalue weighted by atomic mass is 9.70. The van der Waals surface area contributed by atoms with Crippen molar-refractivity contribution in [2.24, 2.45) is 0 Å². The summed E-state index contributed by atoms with van der Waals surface area (Å²) in [5.74, 6) is 0.127. The van der Waals surface area contributed by atoms with E-state index in [-0.39, 0.29) is 11.3 Å². The third-order valence-corrected chi connectivity index (χ3v) is 6.77. The molecule has 4 nitrogen and oxygen atoms in total. The van der Waals surface area contributed by atoms with E-state index in [0.29, 0.717) is 6.42 Å². The summed E-state index contributed by atoms with van der Waals surface area (Å²) < 4.78 is 0. The number of nitrogens with zero attached hydrogens (tertiary/aromatic N) is 2. The Bertz CT molecular complexity index is 990. The average Bonchev–Trinajstić information content (AvgIpc) is 3.19. The van der Waals surface area contributed by atoms with E-state index in [1.165, 1.54) is 5.56 Å². The molecule has 3 heterocycles. The summed E-state index contributed by atoms with van der Waals surface area (Å²) in [4.78, 5) is 21.3. The molecule has 1 aliphatic rings. The number of amides is 1. The predicted octanol–water partition coefficient (Wildman–Crippen LogP) is 6.44. The van der Waals surface area contributed by atoms with E-state index in [0.717, 1.165) is 59.6 Å². The van der Waals surface area contributed by atoms with Crippen molar-refractivity contribution in [3.05, 3.63) is 53.7 Å². The second kappa shape index (κ2) is 8.46. The summed E-state index contributed by atoms with van der Waals surface area (Å²) in [5, 5.41) is 6.26. The van der Waals surface area contributed by atoms with Crippen LogP contribution in [0.25, 0.3) is 21.8 Å². The molecule has 5 heteroatoms. The Morgan fingerprint density at radius 1 is 1.07 bits per heavy atom. The van der Waals surface area contributed by atoms with Crippen molar-refractivity contribution in [1.82, 2.24) is 9.97 Å². The molecule has 0 spiro atoms. The zero-order chi connectivity index (χ0) is 20.3. The van der Waals surface area contributed by atoms with Gasteiger partial charge < -0.3 is 5.32 Å². The van der Waals surface area contributed by atoms with Crippen LogP contribution in [0.1, 0.15) is 57.9 Å². The number of pyridine rings is 1. The quantitative estimate of drug-likeness (QED) is 0.513. The van der Waals surface area contributed by atoms with E-state index in [9.17, 15) is 4.79 Å². The molecule has 1 aromatic carbocycles. The van der Waals surface area contributed by atoms with Gasteiger partial charge in [0, 0.05) is 41.0 Å². The van der Waals surface area contributed by atoms with Gasteiger partial charge in [-0.3, -0.25) is 9.78 Å². The first-order valence-electron chi connectivity index (χ1n) is 10.5. The van der Waals surface area contributed by atoms with Gasteiger partial charge in [-0.25, -0.2) is 4.98 Å². The Kier molecular flexibility index (Phi) is 5.76. The minimum atomic E-state index is 0.0535. The zero-order valence-corrected chi connectivity index (χ0v) is 17.9. The van der Waals surface area contributed by atoms with Crippen LogP contribution in [0.15, 0.2) is 48.1 Å². The number of rotatable bonds is 6. The number of carbonyl (C=O) groups excluding carboxylic acids is 1. The summed E-state index contributed by atoms with van der Waals surface area (Å²) >= 11 is 1.65. The van der Waals surface area contributed by atoms with E-state index in [1.807, 2.05) is 12.1 Å². The van der Waals surface area contributed by atoms with Gasteiger partial charge in [-0.1, -0.05) is 32.8 Å². The molecule has 1 amide bonds. The molecule has 0 fully saturated rings. The van der Waals surface area contributed by atoms with Gasteiger partial charge >= 0.3 is 0 Å². The first-order chi connectivity index (χ1) is 14.1. The summed E-state index contributed by atoms with van der Waals surface area (Å²) in [5.41, 5.74) is 5.50. The van der Waals surface area contributed by atoms with Crippen LogP contribution in [0.4, 0.5) is 5.69 Å². The zero-order valence-electron chi connectivity index (χ0n) is 17.1. The third kappa shape index (κ3) is 3.97. The minimum Gasteiger partial charge on any atom is -0.326 e. The molecule has 1 aliphatic heterocycles. The lowest BCUT2D eigenvalue weighted by molar-refractivity contribution is -0.116. The highest BCUT2D eigenvalue weighted by molar-refractivity contribution is 7.13. The van der Waals surface area contributed by atoms with Crippen molar-refractivity contribution in [1.29, 1.82) is 0 Å². The Balaban J connectivity index is 1.77. The normalized spacial score (nSPS) is 15.4. The van der Waals surface area contributed by atoms with Crippen molar-refractivity contribution in [2.45, 2.75) is 57.8 Å². The van der Waals surface area contributed by atoms with E-state index in [1.54, 1.807) is 23.7 Å². The van der Waals surface area contributed by atoms with Crippen molar-refractivity contribution in [3.63, 3.8) is 0 Å². The fourth-order valence-corrected chi connectivity index (χ4v) is 5.42. The molecule has 4 rings (SSSR count). The molecule has 3 aromatic rings. The van der Waals surface area contributed by atoms with Gasteiger partial charge in [0.2, 0.25) is 5.91 Å². The van der Waals surface area contributed by atoms with E-state index in [2.05, 4.69) is 47.7 Å². The molecule has 29 heavy (non-hydrogen) atoms. The monoisotopic (exact) mass is 405 g/mol. The molecule has 0 unspecified atom stereocenters. The van der Waals surface area contributed by atoms with Gasteiger partial charge in [-0.2, -0.15) is 0 Å². The highest BCUT2D eigenvalue weighted by Crippen LogP contribution is 2.45. The highest BCUT2D eigenvalue weighted by Gasteiger charge is 2.36.